The van der Waals surface area contributed by atoms with Gasteiger partial charge in [0.25, 0.3) is 11.8 Å². The number of ether oxygens (including phenoxy) is 1. The first-order valence-electron chi connectivity index (χ1n) is 14.9. The number of methoxy groups -OCH3 is 1. The van der Waals surface area contributed by atoms with Gasteiger partial charge < -0.3 is 20.5 Å². The number of carbonyl (C=O) groups excluding carboxylic acids is 2. The molecule has 0 saturated carbocycles. The summed E-state index contributed by atoms with van der Waals surface area (Å²) in [5, 5.41) is 15.6. The van der Waals surface area contributed by atoms with Crippen LogP contribution in [0.4, 0.5) is 42.1 Å². The molecule has 3 heterocycles. The van der Waals surface area contributed by atoms with Crippen LogP contribution in [0.5, 0.6) is 5.75 Å². The Kier molecular flexibility index (Phi) is 9.45. The van der Waals surface area contributed by atoms with Crippen molar-refractivity contribution in [2.24, 2.45) is 0 Å². The monoisotopic (exact) mass is 770 g/mol. The van der Waals surface area contributed by atoms with Crippen LogP contribution >= 0.6 is 21.9 Å². The molecule has 274 valence electrons. The Balaban J connectivity index is 1.35. The predicted octanol–water partition coefficient (Wildman–Crippen LogP) is 8.39. The molecule has 1 unspecified atom stereocenters. The molecule has 1 saturated heterocycles. The van der Waals surface area contributed by atoms with E-state index in [-0.39, 0.29) is 55.7 Å². The number of halogens is 7. The SMILES string of the molecule is COc1ccc(-c2cnc(C3(O)CCS(O)(O)C3)nc2)cc1C(=O)Nc1c(C(=O)Nc2ccc(F)c(C(F)(F)F)c2)sc2cc(C(F)(F)F)ccc12. The molecule has 10 nitrogen and oxygen atoms in total. The van der Waals surface area contributed by atoms with Crippen molar-refractivity contribution in [1.29, 1.82) is 0 Å². The van der Waals surface area contributed by atoms with Gasteiger partial charge in [-0.3, -0.25) is 18.7 Å². The van der Waals surface area contributed by atoms with Gasteiger partial charge in [0.1, 0.15) is 22.0 Å². The van der Waals surface area contributed by atoms with Gasteiger partial charge in [-0.1, -0.05) is 12.1 Å². The molecule has 0 aliphatic carbocycles. The summed E-state index contributed by atoms with van der Waals surface area (Å²) in [5.74, 6) is -3.91. The fraction of sp³-hybridized carbons (Fsp3) is 0.212. The Labute approximate surface area is 294 Å². The van der Waals surface area contributed by atoms with Gasteiger partial charge in [0.15, 0.2) is 5.82 Å². The van der Waals surface area contributed by atoms with Gasteiger partial charge in [0.2, 0.25) is 0 Å². The number of thiophene rings is 1. The summed E-state index contributed by atoms with van der Waals surface area (Å²) in [6.45, 7) is 0. The van der Waals surface area contributed by atoms with E-state index in [0.29, 0.717) is 34.6 Å². The van der Waals surface area contributed by atoms with Crippen LogP contribution in [-0.4, -0.2) is 54.6 Å². The minimum absolute atomic E-state index is 0.00663. The average molecular weight is 771 g/mol. The second-order valence-electron chi connectivity index (χ2n) is 11.8. The maximum atomic E-state index is 13.9. The van der Waals surface area contributed by atoms with E-state index >= 15 is 0 Å². The number of carbonyl (C=O) groups is 2. The lowest BCUT2D eigenvalue weighted by atomic mass is 10.0. The minimum atomic E-state index is -5.10. The van der Waals surface area contributed by atoms with Crippen molar-refractivity contribution in [2.45, 2.75) is 24.4 Å². The zero-order valence-electron chi connectivity index (χ0n) is 26.4. The molecule has 5 aromatic rings. The quantitative estimate of drug-likeness (QED) is 0.104. The Morgan fingerprint density at radius 2 is 1.62 bits per heavy atom. The summed E-state index contributed by atoms with van der Waals surface area (Å²) in [6, 6.07) is 8.60. The molecule has 1 aliphatic rings. The van der Waals surface area contributed by atoms with Gasteiger partial charge in [-0.15, -0.1) is 11.3 Å². The third kappa shape index (κ3) is 7.40. The maximum Gasteiger partial charge on any atom is 0.419 e. The first-order chi connectivity index (χ1) is 24.3. The first kappa shape index (κ1) is 37.0. The van der Waals surface area contributed by atoms with E-state index in [2.05, 4.69) is 20.6 Å². The third-order valence-corrected chi connectivity index (χ3v) is 11.1. The molecule has 1 aliphatic heterocycles. The van der Waals surface area contributed by atoms with Crippen molar-refractivity contribution < 1.29 is 59.3 Å². The van der Waals surface area contributed by atoms with Crippen LogP contribution in [0.2, 0.25) is 0 Å². The highest BCUT2D eigenvalue weighted by atomic mass is 32.3. The standard InChI is InChI=1S/C33H25F7N4O6S2/c1-50-24-7-2-16(17-13-41-30(42-14-17)31(47)8-9-52(48,49)15-31)10-21(24)28(45)44-26-20-5-3-18(32(35,36)37)11-25(20)51-27(26)29(46)43-19-4-6-23(34)22(12-19)33(38,39)40/h2-7,10-14,47-49H,8-9,15H2,1H3,(H,43,46)(H,44,45). The van der Waals surface area contributed by atoms with Crippen molar-refractivity contribution in [3.8, 4) is 16.9 Å². The summed E-state index contributed by atoms with van der Waals surface area (Å²) in [5.41, 5.74) is -4.47. The van der Waals surface area contributed by atoms with E-state index < -0.39 is 63.0 Å². The normalized spacial score (nSPS) is 17.9. The number of rotatable bonds is 7. The molecule has 2 amide bonds. The predicted molar refractivity (Wildman–Crippen MR) is 179 cm³/mol. The number of hydrogen-bond donors (Lipinski definition) is 5. The van der Waals surface area contributed by atoms with Gasteiger partial charge >= 0.3 is 12.4 Å². The number of hydrogen-bond acceptors (Lipinski definition) is 9. The van der Waals surface area contributed by atoms with Crippen molar-refractivity contribution in [3.05, 3.63) is 100 Å². The Morgan fingerprint density at radius 1 is 0.904 bits per heavy atom. The highest BCUT2D eigenvalue weighted by molar-refractivity contribution is 8.24. The molecule has 1 fully saturated rings. The topological polar surface area (TPSA) is 154 Å². The molecule has 52 heavy (non-hydrogen) atoms. The number of nitrogens with zero attached hydrogens (tertiary/aromatic N) is 2. The van der Waals surface area contributed by atoms with Gasteiger partial charge in [-0.25, -0.2) is 14.4 Å². The van der Waals surface area contributed by atoms with Crippen LogP contribution in [0.3, 0.4) is 0 Å². The highest BCUT2D eigenvalue weighted by Gasteiger charge is 2.44. The molecule has 0 bridgehead atoms. The molecule has 1 atom stereocenters. The Hall–Kier alpha value is -4.82. The van der Waals surface area contributed by atoms with E-state index in [0.717, 1.165) is 24.3 Å². The van der Waals surface area contributed by atoms with Crippen LogP contribution in [0.15, 0.2) is 67.0 Å². The smallest absolute Gasteiger partial charge is 0.419 e. The fourth-order valence-corrected chi connectivity index (χ4v) is 8.50. The van der Waals surface area contributed by atoms with Crippen molar-refractivity contribution in [3.63, 3.8) is 0 Å². The lowest BCUT2D eigenvalue weighted by Gasteiger charge is -2.28. The second-order valence-corrected chi connectivity index (χ2v) is 15.1. The lowest BCUT2D eigenvalue weighted by molar-refractivity contribution is -0.140. The first-order valence-corrected chi connectivity index (χ1v) is 17.6. The average Bonchev–Trinajstić information content (AvgIpc) is 3.59. The number of nitrogens with one attached hydrogen (secondary N) is 2. The van der Waals surface area contributed by atoms with E-state index in [1.807, 2.05) is 0 Å². The van der Waals surface area contributed by atoms with Crippen LogP contribution in [0.1, 0.15) is 43.4 Å². The largest absolute Gasteiger partial charge is 0.496 e. The van der Waals surface area contributed by atoms with E-state index in [4.69, 9.17) is 4.74 Å². The van der Waals surface area contributed by atoms with E-state index in [9.17, 15) is 54.5 Å². The van der Waals surface area contributed by atoms with E-state index in [1.165, 1.54) is 31.6 Å². The molecule has 2 aromatic heterocycles. The Morgan fingerprint density at radius 3 is 2.23 bits per heavy atom. The van der Waals surface area contributed by atoms with Gasteiger partial charge in [-0.05, 0) is 48.0 Å². The molecular weight excluding hydrogens is 746 g/mol. The van der Waals surface area contributed by atoms with Crippen LogP contribution in [0.25, 0.3) is 21.2 Å². The zero-order chi connectivity index (χ0) is 37.8. The number of amides is 2. The molecule has 0 radical (unpaired) electrons. The van der Waals surface area contributed by atoms with Crippen LogP contribution in [-0.2, 0) is 18.0 Å². The summed E-state index contributed by atoms with van der Waals surface area (Å²) in [6.07, 6.45) is -7.13. The zero-order valence-corrected chi connectivity index (χ0v) is 28.0. The second kappa shape index (κ2) is 13.3. The number of aromatic nitrogens is 2. The van der Waals surface area contributed by atoms with Gasteiger partial charge in [-0.2, -0.15) is 36.9 Å². The lowest BCUT2D eigenvalue weighted by Crippen LogP contribution is -2.28. The van der Waals surface area contributed by atoms with E-state index in [1.54, 1.807) is 6.07 Å². The highest BCUT2D eigenvalue weighted by Crippen LogP contribution is 2.53. The molecule has 0 spiro atoms. The molecule has 3 aromatic carbocycles. The minimum Gasteiger partial charge on any atom is -0.496 e. The summed E-state index contributed by atoms with van der Waals surface area (Å²) in [4.78, 5) is 35.3. The van der Waals surface area contributed by atoms with Gasteiger partial charge in [0, 0.05) is 45.9 Å². The third-order valence-electron chi connectivity index (χ3n) is 8.15. The number of anilines is 2. The number of aliphatic hydroxyl groups is 1. The molecular formula is C33H25F7N4O6S2. The fourth-order valence-electron chi connectivity index (χ4n) is 5.56. The number of fused-ring (bicyclic) bond motifs is 1. The summed E-state index contributed by atoms with van der Waals surface area (Å²) < 4.78 is 120. The van der Waals surface area contributed by atoms with Crippen LogP contribution in [0, 0.1) is 5.82 Å². The summed E-state index contributed by atoms with van der Waals surface area (Å²) in [7, 11) is -1.71. The van der Waals surface area contributed by atoms with Gasteiger partial charge in [0.05, 0.1) is 35.2 Å². The van der Waals surface area contributed by atoms with Crippen molar-refractivity contribution in [2.75, 3.05) is 29.2 Å². The number of alkyl halides is 6. The molecule has 5 N–H and O–H groups in total. The maximum absolute atomic E-state index is 13.9. The summed E-state index contributed by atoms with van der Waals surface area (Å²) >= 11 is 0.532. The van der Waals surface area contributed by atoms with Crippen molar-refractivity contribution in [1.82, 2.24) is 9.97 Å². The molecule has 6 rings (SSSR count). The Bertz CT molecular complexity index is 2210. The number of benzene rings is 3. The van der Waals surface area contributed by atoms with Crippen molar-refractivity contribution >= 4 is 55.2 Å². The van der Waals surface area contributed by atoms with Crippen LogP contribution < -0.4 is 15.4 Å². The molecule has 19 heteroatoms.